The third kappa shape index (κ3) is 3.46. The lowest BCUT2D eigenvalue weighted by molar-refractivity contribution is -0.137. The van der Waals surface area contributed by atoms with Crippen LogP contribution in [0.25, 0.3) is 0 Å². The monoisotopic (exact) mass is 423 g/mol. The molecule has 0 radical (unpaired) electrons. The average Bonchev–Trinajstić information content (AvgIpc) is 3.48. The number of nitrogens with zero attached hydrogens (tertiary/aromatic N) is 3. The summed E-state index contributed by atoms with van der Waals surface area (Å²) < 4.78 is 10.5. The van der Waals surface area contributed by atoms with Gasteiger partial charge in [0.05, 0.1) is 19.1 Å². The van der Waals surface area contributed by atoms with Gasteiger partial charge >= 0.3 is 6.03 Å². The van der Waals surface area contributed by atoms with Crippen molar-refractivity contribution in [2.45, 2.75) is 43.8 Å². The first-order valence-corrected chi connectivity index (χ1v) is 11.1. The fraction of sp³-hybridized carbons (Fsp3) is 0.500. The van der Waals surface area contributed by atoms with E-state index in [9.17, 15) is 9.59 Å². The summed E-state index contributed by atoms with van der Waals surface area (Å²) in [6.07, 6.45) is 6.23. The van der Waals surface area contributed by atoms with E-state index in [-0.39, 0.29) is 18.0 Å². The maximum Gasteiger partial charge on any atom is 0.328 e. The van der Waals surface area contributed by atoms with Crippen molar-refractivity contribution in [3.05, 3.63) is 59.5 Å². The normalized spacial score (nSPS) is 21.5. The number of fused-ring (bicyclic) bond motifs is 1. The Hall–Kier alpha value is -2.64. The number of likely N-dealkylation sites (tertiary alicyclic amines) is 1. The number of methoxy groups -OCH3 is 1. The Bertz CT molecular complexity index is 924. The Morgan fingerprint density at radius 2 is 1.81 bits per heavy atom. The van der Waals surface area contributed by atoms with Crippen LogP contribution in [0.1, 0.15) is 29.5 Å². The standard InChI is InChI=1S/C24H29N3O4/c1-30-13-11-26-23(29)27(21-14-19-4-2-3-5-20(19)15-21)22(28)24(26)7-9-25(10-8-24)16-18-6-12-31-17-18/h2-6,12,17,21H,7-11,13-16H2,1H3. The molecular formula is C24H29N3O4. The summed E-state index contributed by atoms with van der Waals surface area (Å²) in [6.45, 7) is 3.21. The highest BCUT2D eigenvalue weighted by molar-refractivity contribution is 6.07. The zero-order chi connectivity index (χ0) is 21.4. The van der Waals surface area contributed by atoms with Crippen molar-refractivity contribution in [1.29, 1.82) is 0 Å². The van der Waals surface area contributed by atoms with E-state index < -0.39 is 5.54 Å². The molecule has 1 aromatic heterocycles. The highest BCUT2D eigenvalue weighted by Crippen LogP contribution is 2.40. The summed E-state index contributed by atoms with van der Waals surface area (Å²) in [4.78, 5) is 33.0. The number of ether oxygens (including phenoxy) is 1. The number of carbonyl (C=O) groups excluding carboxylic acids is 2. The fourth-order valence-corrected chi connectivity index (χ4v) is 5.48. The molecule has 0 saturated carbocycles. The number of piperidine rings is 1. The number of benzene rings is 1. The molecule has 164 valence electrons. The number of urea groups is 1. The van der Waals surface area contributed by atoms with E-state index in [1.54, 1.807) is 29.4 Å². The molecule has 3 aliphatic rings. The first-order valence-electron chi connectivity index (χ1n) is 11.1. The molecule has 1 aromatic carbocycles. The SMILES string of the molecule is COCCN1C(=O)N(C2Cc3ccccc3C2)C(=O)C12CCN(Cc1ccoc1)CC2. The highest BCUT2D eigenvalue weighted by Gasteiger charge is 2.59. The summed E-state index contributed by atoms with van der Waals surface area (Å²) in [5, 5.41) is 0. The van der Waals surface area contributed by atoms with E-state index in [2.05, 4.69) is 17.0 Å². The average molecular weight is 424 g/mol. The van der Waals surface area contributed by atoms with Crippen LogP contribution < -0.4 is 0 Å². The molecule has 1 spiro atoms. The van der Waals surface area contributed by atoms with Gasteiger partial charge in [-0.2, -0.15) is 0 Å². The summed E-state index contributed by atoms with van der Waals surface area (Å²) in [5.41, 5.74) is 2.86. The highest BCUT2D eigenvalue weighted by atomic mass is 16.5. The summed E-state index contributed by atoms with van der Waals surface area (Å²) in [6, 6.07) is 9.99. The van der Waals surface area contributed by atoms with Gasteiger partial charge < -0.3 is 14.1 Å². The van der Waals surface area contributed by atoms with Gasteiger partial charge in [0.25, 0.3) is 5.91 Å². The Kier molecular flexibility index (Phi) is 5.32. The number of carbonyl (C=O) groups is 2. The number of hydrogen-bond acceptors (Lipinski definition) is 5. The fourth-order valence-electron chi connectivity index (χ4n) is 5.48. The van der Waals surface area contributed by atoms with Gasteiger partial charge in [-0.15, -0.1) is 0 Å². The van der Waals surface area contributed by atoms with Crippen LogP contribution >= 0.6 is 0 Å². The second-order valence-corrected chi connectivity index (χ2v) is 8.87. The van der Waals surface area contributed by atoms with Gasteiger partial charge in [-0.1, -0.05) is 24.3 Å². The molecule has 3 amide bonds. The van der Waals surface area contributed by atoms with E-state index in [4.69, 9.17) is 9.15 Å². The van der Waals surface area contributed by atoms with Gasteiger partial charge in [-0.3, -0.25) is 14.6 Å². The Labute approximate surface area is 182 Å². The second-order valence-electron chi connectivity index (χ2n) is 8.87. The number of hydrogen-bond donors (Lipinski definition) is 0. The van der Waals surface area contributed by atoms with Crippen molar-refractivity contribution in [3.63, 3.8) is 0 Å². The summed E-state index contributed by atoms with van der Waals surface area (Å²) >= 11 is 0. The first kappa shape index (κ1) is 20.3. The molecule has 7 nitrogen and oxygen atoms in total. The minimum atomic E-state index is -0.753. The van der Waals surface area contributed by atoms with Crippen LogP contribution in [0, 0.1) is 0 Å². The lowest BCUT2D eigenvalue weighted by Gasteiger charge is -2.42. The van der Waals surface area contributed by atoms with Crippen LogP contribution in [0.15, 0.2) is 47.3 Å². The van der Waals surface area contributed by atoms with Crippen molar-refractivity contribution in [2.75, 3.05) is 33.4 Å². The molecule has 2 aromatic rings. The van der Waals surface area contributed by atoms with Gasteiger partial charge in [0.15, 0.2) is 0 Å². The largest absolute Gasteiger partial charge is 0.472 e. The van der Waals surface area contributed by atoms with Crippen LogP contribution in [0.2, 0.25) is 0 Å². The topological polar surface area (TPSA) is 66.2 Å². The lowest BCUT2D eigenvalue weighted by Crippen LogP contribution is -2.57. The molecule has 2 aliphatic heterocycles. The maximum absolute atomic E-state index is 13.8. The van der Waals surface area contributed by atoms with E-state index in [1.165, 1.54) is 11.1 Å². The first-order chi connectivity index (χ1) is 15.1. The number of imide groups is 1. The number of rotatable bonds is 6. The van der Waals surface area contributed by atoms with Crippen LogP contribution in [0.4, 0.5) is 4.79 Å². The van der Waals surface area contributed by atoms with Gasteiger partial charge in [-0.25, -0.2) is 4.79 Å². The Morgan fingerprint density at radius 3 is 2.42 bits per heavy atom. The Balaban J connectivity index is 1.36. The quantitative estimate of drug-likeness (QED) is 0.669. The van der Waals surface area contributed by atoms with Crippen LogP contribution in [-0.4, -0.2) is 71.6 Å². The molecule has 0 bridgehead atoms. The van der Waals surface area contributed by atoms with Gasteiger partial charge in [-0.05, 0) is 42.9 Å². The van der Waals surface area contributed by atoms with Crippen LogP contribution in [0.3, 0.4) is 0 Å². The summed E-state index contributed by atoms with van der Waals surface area (Å²) in [5.74, 6) is -0.0191. The molecule has 2 saturated heterocycles. The molecule has 1 aliphatic carbocycles. The molecule has 7 heteroatoms. The van der Waals surface area contributed by atoms with Gasteiger partial charge in [0, 0.05) is 44.9 Å². The van der Waals surface area contributed by atoms with Gasteiger partial charge in [0.1, 0.15) is 5.54 Å². The predicted octanol–water partition coefficient (Wildman–Crippen LogP) is 2.69. The molecule has 31 heavy (non-hydrogen) atoms. The molecule has 2 fully saturated rings. The zero-order valence-corrected chi connectivity index (χ0v) is 18.0. The van der Waals surface area contributed by atoms with Gasteiger partial charge in [0.2, 0.25) is 0 Å². The number of amides is 3. The van der Waals surface area contributed by atoms with Crippen molar-refractivity contribution >= 4 is 11.9 Å². The molecule has 0 unspecified atom stereocenters. The maximum atomic E-state index is 13.8. The van der Waals surface area contributed by atoms with Crippen LogP contribution in [-0.2, 0) is 28.9 Å². The molecule has 0 atom stereocenters. The van der Waals surface area contributed by atoms with E-state index in [0.717, 1.165) is 38.0 Å². The van der Waals surface area contributed by atoms with E-state index >= 15 is 0 Å². The molecule has 3 heterocycles. The molecular weight excluding hydrogens is 394 g/mol. The second kappa shape index (κ2) is 8.13. The lowest BCUT2D eigenvalue weighted by atomic mass is 9.85. The molecule has 5 rings (SSSR count). The van der Waals surface area contributed by atoms with Crippen LogP contribution in [0.5, 0.6) is 0 Å². The Morgan fingerprint density at radius 1 is 1.10 bits per heavy atom. The number of furan rings is 1. The minimum Gasteiger partial charge on any atom is -0.472 e. The molecule has 0 N–H and O–H groups in total. The van der Waals surface area contributed by atoms with E-state index in [1.807, 2.05) is 18.2 Å². The third-order valence-corrected chi connectivity index (χ3v) is 7.15. The minimum absolute atomic E-state index is 0.0191. The third-order valence-electron chi connectivity index (χ3n) is 7.15. The summed E-state index contributed by atoms with van der Waals surface area (Å²) in [7, 11) is 1.63. The smallest absolute Gasteiger partial charge is 0.328 e. The van der Waals surface area contributed by atoms with Crippen molar-refractivity contribution < 1.29 is 18.7 Å². The van der Waals surface area contributed by atoms with Crippen molar-refractivity contribution in [1.82, 2.24) is 14.7 Å². The van der Waals surface area contributed by atoms with E-state index in [0.29, 0.717) is 26.0 Å². The zero-order valence-electron chi connectivity index (χ0n) is 18.0. The predicted molar refractivity (Wildman–Crippen MR) is 114 cm³/mol. The van der Waals surface area contributed by atoms with Crippen molar-refractivity contribution in [2.24, 2.45) is 0 Å². The van der Waals surface area contributed by atoms with Crippen molar-refractivity contribution in [3.8, 4) is 0 Å².